The van der Waals surface area contributed by atoms with Crippen molar-refractivity contribution < 1.29 is 29.0 Å². The molecule has 3 aromatic carbocycles. The third-order valence-corrected chi connectivity index (χ3v) is 8.35. The van der Waals surface area contributed by atoms with Crippen molar-refractivity contribution in [3.05, 3.63) is 117 Å². The fourth-order valence-electron chi connectivity index (χ4n) is 4.93. The Hall–Kier alpha value is -4.76. The largest absolute Gasteiger partial charge is 0.507 e. The van der Waals surface area contributed by atoms with Crippen LogP contribution in [-0.4, -0.2) is 34.9 Å². The first-order valence-corrected chi connectivity index (χ1v) is 14.3. The molecule has 5 rings (SSSR count). The van der Waals surface area contributed by atoms with Gasteiger partial charge in [-0.1, -0.05) is 72.9 Å². The van der Waals surface area contributed by atoms with Gasteiger partial charge in [-0.25, -0.2) is 9.78 Å². The van der Waals surface area contributed by atoms with Crippen LogP contribution >= 0.6 is 11.3 Å². The van der Waals surface area contributed by atoms with Gasteiger partial charge in [0.15, 0.2) is 5.13 Å². The standard InChI is InChI=1S/C33H30N2O6S/c1-5-21-11-13-23(14-12-21)27-26(29(37)31(38)35(27)33-34-20(3)30(42-33)32(39)40-4)28(36)25-16-15-24(17-19(25)2)41-18-22-9-7-6-8-10-22/h6-17,27,36H,5,18H2,1-4H3/b28-26+. The highest BCUT2D eigenvalue weighted by atomic mass is 32.1. The summed E-state index contributed by atoms with van der Waals surface area (Å²) in [6, 6.07) is 21.5. The second-order valence-corrected chi connectivity index (χ2v) is 10.9. The number of hydrogen-bond acceptors (Lipinski definition) is 8. The molecule has 1 aromatic heterocycles. The summed E-state index contributed by atoms with van der Waals surface area (Å²) in [5.74, 6) is -1.95. The Kier molecular flexibility index (Phi) is 8.22. The lowest BCUT2D eigenvalue weighted by atomic mass is 9.93. The Morgan fingerprint density at radius 1 is 1.00 bits per heavy atom. The molecule has 2 heterocycles. The zero-order valence-electron chi connectivity index (χ0n) is 23.7. The molecule has 1 N–H and O–H groups in total. The number of amides is 1. The first-order valence-electron chi connectivity index (χ1n) is 13.5. The number of anilines is 1. The lowest BCUT2D eigenvalue weighted by Crippen LogP contribution is -2.29. The minimum Gasteiger partial charge on any atom is -0.507 e. The molecule has 0 bridgehead atoms. The van der Waals surface area contributed by atoms with Crippen LogP contribution < -0.4 is 9.64 Å². The van der Waals surface area contributed by atoms with Crippen molar-refractivity contribution in [2.45, 2.75) is 39.8 Å². The first kappa shape index (κ1) is 28.8. The number of ketones is 1. The van der Waals surface area contributed by atoms with E-state index in [1.165, 1.54) is 12.0 Å². The van der Waals surface area contributed by atoms with Crippen molar-refractivity contribution in [2.75, 3.05) is 12.0 Å². The average molecular weight is 583 g/mol. The summed E-state index contributed by atoms with van der Waals surface area (Å²) in [5, 5.41) is 11.8. The molecule has 0 aliphatic carbocycles. The monoisotopic (exact) mass is 582 g/mol. The molecule has 1 aliphatic rings. The van der Waals surface area contributed by atoms with Crippen LogP contribution in [0.2, 0.25) is 0 Å². The van der Waals surface area contributed by atoms with Gasteiger partial charge < -0.3 is 14.6 Å². The molecule has 9 heteroatoms. The van der Waals surface area contributed by atoms with Crippen molar-refractivity contribution in [1.82, 2.24) is 4.98 Å². The van der Waals surface area contributed by atoms with Crippen LogP contribution in [0, 0.1) is 13.8 Å². The second kappa shape index (κ2) is 12.0. The molecule has 214 valence electrons. The van der Waals surface area contributed by atoms with E-state index in [1.807, 2.05) is 61.5 Å². The minimum atomic E-state index is -0.958. The van der Waals surface area contributed by atoms with Crippen LogP contribution in [0.25, 0.3) is 5.76 Å². The molecule has 1 saturated heterocycles. The van der Waals surface area contributed by atoms with Gasteiger partial charge in [-0.05, 0) is 60.7 Å². The molecule has 1 atom stereocenters. The molecule has 4 aromatic rings. The maximum atomic E-state index is 13.6. The van der Waals surface area contributed by atoms with Gasteiger partial charge in [-0.15, -0.1) is 0 Å². The lowest BCUT2D eigenvalue weighted by molar-refractivity contribution is -0.132. The van der Waals surface area contributed by atoms with E-state index in [1.54, 1.807) is 32.0 Å². The molecule has 1 fully saturated rings. The van der Waals surface area contributed by atoms with Crippen molar-refractivity contribution in [3.63, 3.8) is 0 Å². The molecule has 0 spiro atoms. The summed E-state index contributed by atoms with van der Waals surface area (Å²) in [7, 11) is 1.27. The number of benzene rings is 3. The van der Waals surface area contributed by atoms with Crippen LogP contribution in [0.5, 0.6) is 5.75 Å². The average Bonchev–Trinajstić information content (AvgIpc) is 3.52. The highest BCUT2D eigenvalue weighted by Crippen LogP contribution is 2.44. The maximum absolute atomic E-state index is 13.6. The number of aryl methyl sites for hydroxylation is 3. The second-order valence-electron chi connectivity index (χ2n) is 9.92. The fourth-order valence-corrected chi connectivity index (χ4v) is 5.94. The number of aliphatic hydroxyl groups excluding tert-OH is 1. The fraction of sp³-hybridized carbons (Fsp3) is 0.212. The van der Waals surface area contributed by atoms with Gasteiger partial charge in [0.1, 0.15) is 23.0 Å². The van der Waals surface area contributed by atoms with Gasteiger partial charge in [-0.2, -0.15) is 0 Å². The van der Waals surface area contributed by atoms with Gasteiger partial charge in [-0.3, -0.25) is 14.5 Å². The molecule has 1 unspecified atom stereocenters. The molecule has 0 saturated carbocycles. The number of aliphatic hydroxyl groups is 1. The predicted octanol–water partition coefficient (Wildman–Crippen LogP) is 6.31. The quantitative estimate of drug-likeness (QED) is 0.112. The summed E-state index contributed by atoms with van der Waals surface area (Å²) < 4.78 is 10.8. The van der Waals surface area contributed by atoms with Crippen LogP contribution in [0.15, 0.2) is 78.4 Å². The number of ether oxygens (including phenoxy) is 2. The Morgan fingerprint density at radius 3 is 2.36 bits per heavy atom. The third kappa shape index (κ3) is 5.43. The van der Waals surface area contributed by atoms with Crippen LogP contribution in [-0.2, 0) is 27.4 Å². The van der Waals surface area contributed by atoms with E-state index in [2.05, 4.69) is 4.98 Å². The Morgan fingerprint density at radius 2 is 1.71 bits per heavy atom. The van der Waals surface area contributed by atoms with E-state index >= 15 is 0 Å². The molecular formula is C33H30N2O6S. The molecule has 42 heavy (non-hydrogen) atoms. The first-order chi connectivity index (χ1) is 20.2. The number of methoxy groups -OCH3 is 1. The number of nitrogens with zero attached hydrogens (tertiary/aromatic N) is 2. The van der Waals surface area contributed by atoms with Crippen LogP contribution in [0.3, 0.4) is 0 Å². The smallest absolute Gasteiger partial charge is 0.350 e. The topological polar surface area (TPSA) is 106 Å². The minimum absolute atomic E-state index is 0.0576. The van der Waals surface area contributed by atoms with E-state index in [0.29, 0.717) is 34.7 Å². The van der Waals surface area contributed by atoms with Crippen molar-refractivity contribution in [1.29, 1.82) is 0 Å². The number of carbonyl (C=O) groups excluding carboxylic acids is 3. The Balaban J connectivity index is 1.58. The van der Waals surface area contributed by atoms with Gasteiger partial charge in [0, 0.05) is 5.56 Å². The zero-order valence-corrected chi connectivity index (χ0v) is 24.5. The number of rotatable bonds is 8. The van der Waals surface area contributed by atoms with Crippen LogP contribution in [0.4, 0.5) is 5.13 Å². The highest BCUT2D eigenvalue weighted by molar-refractivity contribution is 7.17. The van der Waals surface area contributed by atoms with Crippen molar-refractivity contribution >= 4 is 39.9 Å². The predicted molar refractivity (Wildman–Crippen MR) is 161 cm³/mol. The maximum Gasteiger partial charge on any atom is 0.350 e. The van der Waals surface area contributed by atoms with E-state index in [9.17, 15) is 19.5 Å². The third-order valence-electron chi connectivity index (χ3n) is 7.21. The van der Waals surface area contributed by atoms with Crippen molar-refractivity contribution in [2.24, 2.45) is 0 Å². The summed E-state index contributed by atoms with van der Waals surface area (Å²) in [6.45, 7) is 5.85. The van der Waals surface area contributed by atoms with Gasteiger partial charge >= 0.3 is 11.9 Å². The molecule has 8 nitrogen and oxygen atoms in total. The summed E-state index contributed by atoms with van der Waals surface area (Å²) >= 11 is 0.966. The number of hydrogen-bond donors (Lipinski definition) is 1. The van der Waals surface area contributed by atoms with Gasteiger partial charge in [0.05, 0.1) is 24.4 Å². The molecule has 1 amide bonds. The molecule has 0 radical (unpaired) electrons. The van der Waals surface area contributed by atoms with E-state index in [-0.39, 0.29) is 21.3 Å². The zero-order chi connectivity index (χ0) is 30.0. The summed E-state index contributed by atoms with van der Waals surface area (Å²) in [6.07, 6.45) is 0.812. The van der Waals surface area contributed by atoms with E-state index in [4.69, 9.17) is 9.47 Å². The normalized spacial score (nSPS) is 16.1. The van der Waals surface area contributed by atoms with Gasteiger partial charge in [0.25, 0.3) is 5.78 Å². The number of Topliss-reactive ketones (excluding diaryl/α,β-unsaturated/α-hetero) is 1. The number of aromatic nitrogens is 1. The van der Waals surface area contributed by atoms with Crippen LogP contribution in [0.1, 0.15) is 56.1 Å². The van der Waals surface area contributed by atoms with Crippen molar-refractivity contribution in [3.8, 4) is 5.75 Å². The van der Waals surface area contributed by atoms with Gasteiger partial charge in [0.2, 0.25) is 0 Å². The Labute approximate surface area is 247 Å². The molecular weight excluding hydrogens is 552 g/mol. The Bertz CT molecular complexity index is 1690. The number of carbonyl (C=O) groups is 3. The number of esters is 1. The molecule has 1 aliphatic heterocycles. The van der Waals surface area contributed by atoms with E-state index < -0.39 is 23.7 Å². The summed E-state index contributed by atoms with van der Waals surface area (Å²) in [5.41, 5.74) is 4.12. The number of thiazole rings is 1. The highest BCUT2D eigenvalue weighted by Gasteiger charge is 2.48. The lowest BCUT2D eigenvalue weighted by Gasteiger charge is -2.23. The summed E-state index contributed by atoms with van der Waals surface area (Å²) in [4.78, 5) is 45.4. The SMILES string of the molecule is CCc1ccc(C2/C(=C(\O)c3ccc(OCc4ccccc4)cc3C)C(=O)C(=O)N2c2nc(C)c(C(=O)OC)s2)cc1. The van der Waals surface area contributed by atoms with E-state index in [0.717, 1.165) is 28.9 Å².